The molecule has 10 nitrogen and oxygen atoms in total. The molecular weight excluding hydrogens is 609 g/mol. The second-order valence-corrected chi connectivity index (χ2v) is 14.6. The highest BCUT2D eigenvalue weighted by Crippen LogP contribution is 2.42. The molecule has 0 saturated carbocycles. The van der Waals surface area contributed by atoms with Crippen LogP contribution in [0.15, 0.2) is 54.7 Å². The van der Waals surface area contributed by atoms with Crippen LogP contribution in [0.4, 0.5) is 16.0 Å². The van der Waals surface area contributed by atoms with Gasteiger partial charge >= 0.3 is 0 Å². The van der Waals surface area contributed by atoms with Crippen molar-refractivity contribution in [3.63, 3.8) is 0 Å². The van der Waals surface area contributed by atoms with Gasteiger partial charge in [0.25, 0.3) is 5.91 Å². The van der Waals surface area contributed by atoms with Gasteiger partial charge in [0.05, 0.1) is 35.9 Å². The molecule has 0 radical (unpaired) electrons. The number of anilines is 2. The zero-order valence-corrected chi connectivity index (χ0v) is 28.4. The van der Waals surface area contributed by atoms with Crippen LogP contribution in [0.5, 0.6) is 5.75 Å². The van der Waals surface area contributed by atoms with E-state index in [1.54, 1.807) is 38.1 Å². The highest BCUT2D eigenvalue weighted by Gasteiger charge is 2.46. The molecule has 5 heterocycles. The number of halogens is 1. The Hall–Kier alpha value is -4.06. The zero-order chi connectivity index (χ0) is 33.6. The summed E-state index contributed by atoms with van der Waals surface area (Å²) in [6, 6.07) is 15.1. The highest BCUT2D eigenvalue weighted by atomic mass is 19.1. The van der Waals surface area contributed by atoms with Gasteiger partial charge in [0.15, 0.2) is 5.82 Å². The molecule has 11 heteroatoms. The van der Waals surface area contributed by atoms with Gasteiger partial charge in [-0.3, -0.25) is 20.0 Å². The molecule has 1 spiro atoms. The zero-order valence-electron chi connectivity index (χ0n) is 28.4. The second-order valence-electron chi connectivity index (χ2n) is 14.6. The van der Waals surface area contributed by atoms with E-state index in [9.17, 15) is 9.90 Å². The molecule has 3 aliphatic heterocycles. The molecule has 1 amide bonds. The number of methoxy groups -OCH3 is 1. The van der Waals surface area contributed by atoms with E-state index in [2.05, 4.69) is 44.2 Å². The number of amides is 1. The van der Waals surface area contributed by atoms with E-state index in [0.29, 0.717) is 28.3 Å². The van der Waals surface area contributed by atoms with Crippen LogP contribution in [0.1, 0.15) is 49.9 Å². The number of imidazole rings is 1. The fourth-order valence-corrected chi connectivity index (χ4v) is 7.74. The SMILES string of the molecule is COc1ccccc1-c1nccc(C(=O)Nc2nc3ccc(N4CCC(N5CC6(CCN(C)CC6)C5)CC4)cc3n2CC(C)(C)O)c1F. The number of ether oxygens (including phenoxy) is 1. The summed E-state index contributed by atoms with van der Waals surface area (Å²) in [6.45, 7) is 10.5. The number of para-hydroxylation sites is 1. The van der Waals surface area contributed by atoms with Crippen molar-refractivity contribution < 1.29 is 19.0 Å². The lowest BCUT2D eigenvalue weighted by Gasteiger charge is -2.57. The van der Waals surface area contributed by atoms with Crippen molar-refractivity contribution in [3.8, 4) is 17.0 Å². The third-order valence-electron chi connectivity index (χ3n) is 10.5. The van der Waals surface area contributed by atoms with Crippen LogP contribution < -0.4 is 15.0 Å². The molecule has 3 saturated heterocycles. The Kier molecular flexibility index (Phi) is 8.63. The van der Waals surface area contributed by atoms with E-state index in [1.165, 1.54) is 58.4 Å². The number of aromatic nitrogens is 3. The number of benzene rings is 2. The van der Waals surface area contributed by atoms with Crippen LogP contribution in [0.25, 0.3) is 22.3 Å². The van der Waals surface area contributed by atoms with Crippen LogP contribution in [-0.4, -0.2) is 100 Å². The Labute approximate surface area is 281 Å². The number of carbonyl (C=O) groups excluding carboxylic acids is 1. The van der Waals surface area contributed by atoms with Crippen molar-refractivity contribution in [2.24, 2.45) is 5.41 Å². The lowest BCUT2D eigenvalue weighted by Crippen LogP contribution is -2.63. The van der Waals surface area contributed by atoms with Crippen molar-refractivity contribution >= 4 is 28.6 Å². The Bertz CT molecular complexity index is 1790. The van der Waals surface area contributed by atoms with Gasteiger partial charge in [0.1, 0.15) is 11.4 Å². The highest BCUT2D eigenvalue weighted by molar-refractivity contribution is 6.05. The minimum Gasteiger partial charge on any atom is -0.496 e. The van der Waals surface area contributed by atoms with E-state index in [1.807, 2.05) is 10.6 Å². The maximum atomic E-state index is 15.8. The van der Waals surface area contributed by atoms with Crippen molar-refractivity contribution in [3.05, 3.63) is 66.1 Å². The predicted octanol–water partition coefficient (Wildman–Crippen LogP) is 5.27. The van der Waals surface area contributed by atoms with Crippen LogP contribution >= 0.6 is 0 Å². The molecule has 4 aromatic rings. The molecule has 3 aliphatic rings. The minimum atomic E-state index is -1.09. The number of nitrogens with one attached hydrogen (secondary N) is 1. The Morgan fingerprint density at radius 1 is 1.08 bits per heavy atom. The van der Waals surface area contributed by atoms with Crippen LogP contribution in [0.3, 0.4) is 0 Å². The first-order chi connectivity index (χ1) is 23.0. The maximum absolute atomic E-state index is 15.8. The summed E-state index contributed by atoms with van der Waals surface area (Å²) in [5, 5.41) is 13.7. The Balaban J connectivity index is 1.09. The quantitative estimate of drug-likeness (QED) is 0.265. The van der Waals surface area contributed by atoms with Gasteiger partial charge in [-0.1, -0.05) is 12.1 Å². The van der Waals surface area contributed by atoms with E-state index in [0.717, 1.165) is 37.1 Å². The van der Waals surface area contributed by atoms with Gasteiger partial charge in [0.2, 0.25) is 5.95 Å². The lowest BCUT2D eigenvalue weighted by atomic mass is 9.71. The second kappa shape index (κ2) is 12.8. The fourth-order valence-electron chi connectivity index (χ4n) is 7.74. The predicted molar refractivity (Wildman–Crippen MR) is 186 cm³/mol. The summed E-state index contributed by atoms with van der Waals surface area (Å²) in [7, 11) is 3.74. The van der Waals surface area contributed by atoms with Crippen LogP contribution in [0, 0.1) is 11.2 Å². The van der Waals surface area contributed by atoms with Gasteiger partial charge < -0.3 is 24.2 Å². The smallest absolute Gasteiger partial charge is 0.261 e. The third kappa shape index (κ3) is 6.38. The van der Waals surface area contributed by atoms with Crippen molar-refractivity contribution in [1.29, 1.82) is 0 Å². The maximum Gasteiger partial charge on any atom is 0.261 e. The first-order valence-electron chi connectivity index (χ1n) is 17.0. The van der Waals surface area contributed by atoms with Crippen LogP contribution in [0.2, 0.25) is 0 Å². The number of fused-ring (bicyclic) bond motifs is 1. The first-order valence-corrected chi connectivity index (χ1v) is 17.0. The average Bonchev–Trinajstić information content (AvgIpc) is 3.38. The lowest BCUT2D eigenvalue weighted by molar-refractivity contribution is -0.0704. The van der Waals surface area contributed by atoms with E-state index in [-0.39, 0.29) is 23.8 Å². The number of aliphatic hydroxyl groups is 1. The number of pyridine rings is 1. The summed E-state index contributed by atoms with van der Waals surface area (Å²) in [5.74, 6) is -0.720. The number of carbonyl (C=O) groups is 1. The van der Waals surface area contributed by atoms with Gasteiger partial charge in [-0.2, -0.15) is 0 Å². The molecule has 2 aromatic carbocycles. The molecule has 2 aromatic heterocycles. The number of piperidine rings is 2. The summed E-state index contributed by atoms with van der Waals surface area (Å²) in [4.78, 5) is 30.1. The molecule has 0 aliphatic carbocycles. The Morgan fingerprint density at radius 3 is 2.52 bits per heavy atom. The van der Waals surface area contributed by atoms with Gasteiger partial charge in [-0.25, -0.2) is 9.37 Å². The number of hydrogen-bond donors (Lipinski definition) is 2. The summed E-state index contributed by atoms with van der Waals surface area (Å²) in [6.07, 6.45) is 6.31. The number of rotatable bonds is 8. The molecular formula is C37H46FN7O3. The molecule has 7 rings (SSSR count). The topological polar surface area (TPSA) is 99.0 Å². The number of likely N-dealkylation sites (tertiary alicyclic amines) is 2. The van der Waals surface area contributed by atoms with E-state index < -0.39 is 17.3 Å². The number of hydrogen-bond acceptors (Lipinski definition) is 8. The standard InChI is InChI=1S/C37H46FN7O3/c1-36(2,47)22-45-30-21-26(43-17-12-25(13-18-43)44-23-37(24-44)14-19-42(3)20-15-37)9-10-29(30)40-35(45)41-34(46)28-11-16-39-33(32(28)38)27-7-5-6-8-31(27)48-4/h5-11,16,21,25,47H,12-15,17-20,22-24H2,1-4H3,(H,40,41,46). The summed E-state index contributed by atoms with van der Waals surface area (Å²) in [5.41, 5.74) is 2.32. The Morgan fingerprint density at radius 2 is 1.81 bits per heavy atom. The summed E-state index contributed by atoms with van der Waals surface area (Å²) >= 11 is 0. The van der Waals surface area contributed by atoms with Crippen molar-refractivity contribution in [1.82, 2.24) is 24.3 Å². The van der Waals surface area contributed by atoms with Crippen molar-refractivity contribution in [2.45, 2.75) is 57.7 Å². The molecule has 254 valence electrons. The van der Waals surface area contributed by atoms with Gasteiger partial charge in [0, 0.05) is 49.7 Å². The average molecular weight is 656 g/mol. The molecule has 0 atom stereocenters. The van der Waals surface area contributed by atoms with Crippen LogP contribution in [-0.2, 0) is 6.54 Å². The van der Waals surface area contributed by atoms with E-state index >= 15 is 4.39 Å². The molecule has 3 fully saturated rings. The monoisotopic (exact) mass is 655 g/mol. The van der Waals surface area contributed by atoms with Gasteiger partial charge in [-0.15, -0.1) is 0 Å². The molecule has 48 heavy (non-hydrogen) atoms. The van der Waals surface area contributed by atoms with Crippen molar-refractivity contribution in [2.75, 3.05) is 63.6 Å². The molecule has 0 bridgehead atoms. The minimum absolute atomic E-state index is 0.0222. The third-order valence-corrected chi connectivity index (χ3v) is 10.5. The molecule has 0 unspecified atom stereocenters. The number of nitrogens with zero attached hydrogens (tertiary/aromatic N) is 6. The fraction of sp³-hybridized carbons (Fsp3) is 0.486. The summed E-state index contributed by atoms with van der Waals surface area (Å²) < 4.78 is 23.0. The molecule has 2 N–H and O–H groups in total. The largest absolute Gasteiger partial charge is 0.496 e. The van der Waals surface area contributed by atoms with Gasteiger partial charge in [-0.05, 0) is 101 Å². The normalized spacial score (nSPS) is 19.1. The first kappa shape index (κ1) is 32.5. The van der Waals surface area contributed by atoms with E-state index in [4.69, 9.17) is 9.72 Å².